The van der Waals surface area contributed by atoms with Gasteiger partial charge in [0.2, 0.25) is 0 Å². The molecule has 31 heavy (non-hydrogen) atoms. The monoisotopic (exact) mass is 434 g/mol. The fourth-order valence-corrected chi connectivity index (χ4v) is 3.49. The molecule has 0 saturated carbocycles. The number of hydrogen-bond acceptors (Lipinski definition) is 4. The first kappa shape index (κ1) is 21.8. The van der Waals surface area contributed by atoms with Crippen LogP contribution in [0.3, 0.4) is 0 Å². The fraction of sp³-hybridized carbons (Fsp3) is 0.130. The number of hydrogen-bond donors (Lipinski definition) is 1. The Hall–Kier alpha value is -3.89. The van der Waals surface area contributed by atoms with Crippen LogP contribution in [-0.2, 0) is 4.79 Å². The summed E-state index contributed by atoms with van der Waals surface area (Å²) in [5.41, 5.74) is 4.00. The summed E-state index contributed by atoms with van der Waals surface area (Å²) in [6, 6.07) is 15.2. The summed E-state index contributed by atoms with van der Waals surface area (Å²) in [6.07, 6.45) is 1.51. The van der Waals surface area contributed by atoms with E-state index in [4.69, 9.17) is 11.6 Å². The molecule has 1 N–H and O–H groups in total. The van der Waals surface area contributed by atoms with Crippen LogP contribution in [0, 0.1) is 42.2 Å². The highest BCUT2D eigenvalue weighted by Crippen LogP contribution is 2.26. The van der Waals surface area contributed by atoms with Gasteiger partial charge in [-0.05, 0) is 62.2 Å². The van der Waals surface area contributed by atoms with Gasteiger partial charge in [-0.1, -0.05) is 23.7 Å². The van der Waals surface area contributed by atoms with Crippen molar-refractivity contribution in [2.45, 2.75) is 20.8 Å². The first-order chi connectivity index (χ1) is 14.7. The third kappa shape index (κ3) is 4.49. The number of rotatable bonds is 5. The van der Waals surface area contributed by atoms with Crippen molar-refractivity contribution >= 4 is 35.0 Å². The van der Waals surface area contributed by atoms with Gasteiger partial charge in [0.05, 0.1) is 10.6 Å². The van der Waals surface area contributed by atoms with Crippen molar-refractivity contribution in [1.29, 1.82) is 5.26 Å². The van der Waals surface area contributed by atoms with E-state index in [1.807, 2.05) is 30.6 Å². The molecule has 0 aliphatic rings. The molecule has 0 aliphatic carbocycles. The highest BCUT2D eigenvalue weighted by molar-refractivity contribution is 6.31. The van der Waals surface area contributed by atoms with Crippen LogP contribution in [0.15, 0.2) is 54.1 Å². The van der Waals surface area contributed by atoms with Gasteiger partial charge in [-0.2, -0.15) is 5.26 Å². The number of anilines is 1. The molecule has 1 amide bonds. The van der Waals surface area contributed by atoms with E-state index < -0.39 is 10.8 Å². The summed E-state index contributed by atoms with van der Waals surface area (Å²) in [7, 11) is 0. The summed E-state index contributed by atoms with van der Waals surface area (Å²) >= 11 is 6.09. The molecule has 0 aliphatic heterocycles. The second kappa shape index (κ2) is 8.86. The molecule has 8 heteroatoms. The van der Waals surface area contributed by atoms with E-state index in [2.05, 4.69) is 5.32 Å². The Kier molecular flexibility index (Phi) is 6.23. The number of nitriles is 1. The van der Waals surface area contributed by atoms with Crippen molar-refractivity contribution in [3.63, 3.8) is 0 Å². The van der Waals surface area contributed by atoms with Crippen molar-refractivity contribution in [2.75, 3.05) is 5.32 Å². The summed E-state index contributed by atoms with van der Waals surface area (Å²) in [4.78, 5) is 23.3. The third-order valence-corrected chi connectivity index (χ3v) is 5.36. The van der Waals surface area contributed by atoms with E-state index >= 15 is 0 Å². The number of nitro groups is 1. The molecule has 0 fully saturated rings. The molecule has 0 spiro atoms. The Bertz CT molecular complexity index is 1270. The average Bonchev–Trinajstić information content (AvgIpc) is 3.02. The smallest absolute Gasteiger partial charge is 0.271 e. The van der Waals surface area contributed by atoms with Gasteiger partial charge in [-0.25, -0.2) is 0 Å². The summed E-state index contributed by atoms with van der Waals surface area (Å²) in [5, 5.41) is 23.9. The zero-order valence-corrected chi connectivity index (χ0v) is 17.9. The predicted octanol–water partition coefficient (Wildman–Crippen LogP) is 5.51. The largest absolute Gasteiger partial charge is 0.321 e. The molecule has 0 radical (unpaired) electrons. The molecule has 1 aromatic heterocycles. The third-order valence-electron chi connectivity index (χ3n) is 4.95. The molecule has 2 aromatic carbocycles. The van der Waals surface area contributed by atoms with Crippen LogP contribution < -0.4 is 5.32 Å². The Morgan fingerprint density at radius 1 is 1.19 bits per heavy atom. The Balaban J connectivity index is 1.97. The number of halogens is 1. The van der Waals surface area contributed by atoms with Crippen LogP contribution in [0.25, 0.3) is 11.8 Å². The molecule has 7 nitrogen and oxygen atoms in total. The Labute approximate surface area is 184 Å². The van der Waals surface area contributed by atoms with Gasteiger partial charge in [-0.15, -0.1) is 0 Å². The van der Waals surface area contributed by atoms with Gasteiger partial charge in [0.1, 0.15) is 11.6 Å². The lowest BCUT2D eigenvalue weighted by molar-refractivity contribution is -0.384. The highest BCUT2D eigenvalue weighted by Gasteiger charge is 2.16. The molecule has 0 unspecified atom stereocenters. The zero-order chi connectivity index (χ0) is 22.7. The topological polar surface area (TPSA) is 101 Å². The number of amides is 1. The maximum Gasteiger partial charge on any atom is 0.271 e. The predicted molar refractivity (Wildman–Crippen MR) is 120 cm³/mol. The molecular weight excluding hydrogens is 416 g/mol. The first-order valence-corrected chi connectivity index (χ1v) is 9.72. The SMILES string of the molecule is Cc1c(Cl)cccc1NC(=O)/C(C#N)=C\c1cc(C)n(-c2cccc([N+](=O)[O-])c2)c1C. The molecule has 3 rings (SSSR count). The van der Waals surface area contributed by atoms with Crippen molar-refractivity contribution in [3.8, 4) is 11.8 Å². The fourth-order valence-electron chi connectivity index (χ4n) is 3.31. The maximum absolute atomic E-state index is 12.7. The minimum atomic E-state index is -0.548. The molecule has 0 atom stereocenters. The number of nitrogens with zero attached hydrogens (tertiary/aromatic N) is 3. The Morgan fingerprint density at radius 2 is 1.90 bits per heavy atom. The van der Waals surface area contributed by atoms with E-state index in [-0.39, 0.29) is 11.3 Å². The van der Waals surface area contributed by atoms with Crippen molar-refractivity contribution in [2.24, 2.45) is 0 Å². The lowest BCUT2D eigenvalue weighted by Crippen LogP contribution is -2.14. The lowest BCUT2D eigenvalue weighted by Gasteiger charge is -2.10. The van der Waals surface area contributed by atoms with Crippen molar-refractivity contribution < 1.29 is 9.72 Å². The van der Waals surface area contributed by atoms with Gasteiger partial charge in [0.25, 0.3) is 11.6 Å². The number of aryl methyl sites for hydroxylation is 1. The summed E-state index contributed by atoms with van der Waals surface area (Å²) < 4.78 is 1.84. The van der Waals surface area contributed by atoms with Gasteiger partial charge in [0, 0.05) is 34.2 Å². The lowest BCUT2D eigenvalue weighted by atomic mass is 10.1. The van der Waals surface area contributed by atoms with Crippen molar-refractivity contribution in [1.82, 2.24) is 4.57 Å². The summed E-state index contributed by atoms with van der Waals surface area (Å²) in [5.74, 6) is -0.548. The number of aromatic nitrogens is 1. The quantitative estimate of drug-likeness (QED) is 0.247. The standard InChI is InChI=1S/C23H19ClN4O3/c1-14-10-17(16(3)27(14)19-6-4-7-20(12-19)28(30)31)11-18(13-25)23(29)26-22-9-5-8-21(24)15(22)2/h4-12H,1-3H3,(H,26,29)/b18-11-. The molecule has 0 bridgehead atoms. The number of carbonyl (C=O) groups excluding carboxylic acids is 1. The van der Waals surface area contributed by atoms with Crippen LogP contribution in [-0.4, -0.2) is 15.4 Å². The van der Waals surface area contributed by atoms with Crippen LogP contribution >= 0.6 is 11.6 Å². The van der Waals surface area contributed by atoms with E-state index in [0.29, 0.717) is 27.5 Å². The zero-order valence-electron chi connectivity index (χ0n) is 17.1. The molecule has 1 heterocycles. The molecule has 156 valence electrons. The van der Waals surface area contributed by atoms with Gasteiger partial charge < -0.3 is 9.88 Å². The van der Waals surface area contributed by atoms with Crippen molar-refractivity contribution in [3.05, 3.63) is 91.8 Å². The molecule has 3 aromatic rings. The van der Waals surface area contributed by atoms with Crippen LogP contribution in [0.2, 0.25) is 5.02 Å². The highest BCUT2D eigenvalue weighted by atomic mass is 35.5. The van der Waals surface area contributed by atoms with Gasteiger partial charge in [-0.3, -0.25) is 14.9 Å². The summed E-state index contributed by atoms with van der Waals surface area (Å²) in [6.45, 7) is 5.46. The first-order valence-electron chi connectivity index (χ1n) is 9.35. The van der Waals surface area contributed by atoms with Crippen LogP contribution in [0.1, 0.15) is 22.5 Å². The normalized spacial score (nSPS) is 11.1. The van der Waals surface area contributed by atoms with Crippen LogP contribution in [0.4, 0.5) is 11.4 Å². The minimum Gasteiger partial charge on any atom is -0.321 e. The average molecular weight is 435 g/mol. The molecule has 0 saturated heterocycles. The minimum absolute atomic E-state index is 0.0175. The maximum atomic E-state index is 12.7. The second-order valence-electron chi connectivity index (χ2n) is 6.98. The number of benzene rings is 2. The number of nitrogens with one attached hydrogen (secondary N) is 1. The number of non-ortho nitro benzene ring substituents is 1. The van der Waals surface area contributed by atoms with E-state index in [9.17, 15) is 20.2 Å². The Morgan fingerprint density at radius 3 is 2.58 bits per heavy atom. The van der Waals surface area contributed by atoms with Gasteiger partial charge in [0.15, 0.2) is 0 Å². The van der Waals surface area contributed by atoms with Crippen LogP contribution in [0.5, 0.6) is 0 Å². The van der Waals surface area contributed by atoms with E-state index in [0.717, 1.165) is 11.4 Å². The molecular formula is C23H19ClN4O3. The van der Waals surface area contributed by atoms with Gasteiger partial charge >= 0.3 is 0 Å². The second-order valence-corrected chi connectivity index (χ2v) is 7.38. The number of carbonyl (C=O) groups is 1. The number of nitro benzene ring substituents is 1. The van der Waals surface area contributed by atoms with E-state index in [1.54, 1.807) is 37.3 Å². The van der Waals surface area contributed by atoms with E-state index in [1.165, 1.54) is 18.2 Å².